The van der Waals surface area contributed by atoms with E-state index >= 15 is 0 Å². The quantitative estimate of drug-likeness (QED) is 0.633. The van der Waals surface area contributed by atoms with Gasteiger partial charge in [0.1, 0.15) is 0 Å². The molecular weight excluding hydrogens is 204 g/mol. The number of nitrogens with one attached hydrogen (secondary N) is 2. The van der Waals surface area contributed by atoms with Crippen molar-refractivity contribution in [2.75, 3.05) is 25.1 Å². The normalized spacial score (nSPS) is 25.6. The van der Waals surface area contributed by atoms with Gasteiger partial charge < -0.3 is 10.6 Å². The van der Waals surface area contributed by atoms with Crippen LogP contribution in [0.3, 0.4) is 0 Å². The van der Waals surface area contributed by atoms with Crippen LogP contribution in [0.5, 0.6) is 0 Å². The highest BCUT2D eigenvalue weighted by molar-refractivity contribution is 7.91. The second kappa shape index (κ2) is 4.75. The fourth-order valence-electron chi connectivity index (χ4n) is 1.58. The van der Waals surface area contributed by atoms with E-state index in [0.717, 1.165) is 6.42 Å². The lowest BCUT2D eigenvalue weighted by Gasteiger charge is -2.22. The molecule has 1 amide bonds. The Morgan fingerprint density at radius 2 is 2.21 bits per heavy atom. The van der Waals surface area contributed by atoms with Gasteiger partial charge in [0, 0.05) is 6.04 Å². The lowest BCUT2D eigenvalue weighted by Crippen LogP contribution is -2.45. The molecule has 0 bridgehead atoms. The zero-order valence-corrected chi connectivity index (χ0v) is 9.06. The van der Waals surface area contributed by atoms with Gasteiger partial charge in [0.25, 0.3) is 0 Å². The van der Waals surface area contributed by atoms with E-state index < -0.39 is 9.84 Å². The van der Waals surface area contributed by atoms with Crippen LogP contribution in [0.4, 0.5) is 0 Å². The van der Waals surface area contributed by atoms with E-state index in [2.05, 4.69) is 10.6 Å². The Morgan fingerprint density at radius 3 is 2.79 bits per heavy atom. The number of sulfone groups is 1. The van der Waals surface area contributed by atoms with Crippen molar-refractivity contribution < 1.29 is 13.2 Å². The van der Waals surface area contributed by atoms with Crippen molar-refractivity contribution in [2.45, 2.75) is 18.9 Å². The topological polar surface area (TPSA) is 75.3 Å². The van der Waals surface area contributed by atoms with Gasteiger partial charge >= 0.3 is 0 Å². The van der Waals surface area contributed by atoms with Crippen molar-refractivity contribution >= 4 is 15.7 Å². The van der Waals surface area contributed by atoms with Gasteiger partial charge in [-0.3, -0.25) is 4.79 Å². The Hall–Kier alpha value is -0.620. The number of likely N-dealkylation sites (N-methyl/N-ethyl adjacent to an activating group) is 1. The Balaban J connectivity index is 2.42. The molecule has 0 saturated carbocycles. The molecule has 82 valence electrons. The molecule has 0 aromatic rings. The Labute approximate surface area is 84.2 Å². The molecule has 1 aliphatic heterocycles. The summed E-state index contributed by atoms with van der Waals surface area (Å²) in [4.78, 5) is 11.2. The van der Waals surface area contributed by atoms with Crippen LogP contribution >= 0.6 is 0 Å². The fraction of sp³-hybridized carbons (Fsp3) is 0.875. The average molecular weight is 220 g/mol. The minimum absolute atomic E-state index is 0.0858. The minimum Gasteiger partial charge on any atom is -0.351 e. The van der Waals surface area contributed by atoms with Crippen LogP contribution in [0.25, 0.3) is 0 Å². The molecule has 1 unspecified atom stereocenters. The molecular formula is C8H16N2O3S. The van der Waals surface area contributed by atoms with Crippen LogP contribution in [0, 0.1) is 0 Å². The van der Waals surface area contributed by atoms with Crippen LogP contribution in [0.1, 0.15) is 12.8 Å². The number of rotatable bonds is 3. The van der Waals surface area contributed by atoms with E-state index in [-0.39, 0.29) is 30.0 Å². The molecule has 1 rings (SSSR count). The number of amides is 1. The van der Waals surface area contributed by atoms with Crippen LogP contribution in [-0.2, 0) is 14.6 Å². The first-order valence-electron chi connectivity index (χ1n) is 4.68. The molecule has 2 N–H and O–H groups in total. The van der Waals surface area contributed by atoms with E-state index in [4.69, 9.17) is 0 Å². The molecule has 1 fully saturated rings. The maximum atomic E-state index is 11.2. The second-order valence-corrected chi connectivity index (χ2v) is 5.78. The lowest BCUT2D eigenvalue weighted by molar-refractivity contribution is -0.120. The van der Waals surface area contributed by atoms with Crippen molar-refractivity contribution in [2.24, 2.45) is 0 Å². The van der Waals surface area contributed by atoms with E-state index in [1.54, 1.807) is 7.05 Å². The number of hydrogen-bond acceptors (Lipinski definition) is 4. The lowest BCUT2D eigenvalue weighted by atomic mass is 10.2. The molecule has 0 aliphatic carbocycles. The van der Waals surface area contributed by atoms with Crippen molar-refractivity contribution in [3.05, 3.63) is 0 Å². The van der Waals surface area contributed by atoms with Crippen LogP contribution in [0.2, 0.25) is 0 Å². The fourth-order valence-corrected chi connectivity index (χ4v) is 3.21. The minimum atomic E-state index is -2.93. The molecule has 1 aliphatic rings. The molecule has 0 radical (unpaired) electrons. The number of hydrogen-bond donors (Lipinski definition) is 2. The molecule has 0 aromatic heterocycles. The summed E-state index contributed by atoms with van der Waals surface area (Å²) < 4.78 is 22.5. The SMILES string of the molecule is CNCC(=O)NC1CCCS(=O)(=O)C1. The standard InChI is InChI=1S/C8H16N2O3S/c1-9-5-8(11)10-7-3-2-4-14(12,13)6-7/h7,9H,2-6H2,1H3,(H,10,11). The molecule has 5 nitrogen and oxygen atoms in total. The Bertz CT molecular complexity index is 300. The first kappa shape index (κ1) is 11.5. The van der Waals surface area contributed by atoms with Gasteiger partial charge in [-0.05, 0) is 19.9 Å². The molecule has 6 heteroatoms. The molecule has 1 atom stereocenters. The summed E-state index contributed by atoms with van der Waals surface area (Å²) in [5, 5.41) is 5.41. The Morgan fingerprint density at radius 1 is 1.50 bits per heavy atom. The van der Waals surface area contributed by atoms with Crippen LogP contribution in [0.15, 0.2) is 0 Å². The Kier molecular flexibility index (Phi) is 3.88. The summed E-state index contributed by atoms with van der Waals surface area (Å²) >= 11 is 0. The van der Waals surface area contributed by atoms with Crippen molar-refractivity contribution in [1.82, 2.24) is 10.6 Å². The molecule has 0 aromatic carbocycles. The van der Waals surface area contributed by atoms with Gasteiger partial charge in [0.15, 0.2) is 9.84 Å². The van der Waals surface area contributed by atoms with Crippen LogP contribution < -0.4 is 10.6 Å². The third kappa shape index (κ3) is 3.63. The van der Waals surface area contributed by atoms with Crippen LogP contribution in [-0.4, -0.2) is 45.5 Å². The third-order valence-corrected chi connectivity index (χ3v) is 3.99. The van der Waals surface area contributed by atoms with Crippen molar-refractivity contribution in [3.8, 4) is 0 Å². The summed E-state index contributed by atoms with van der Waals surface area (Å²) in [7, 11) is -1.25. The zero-order chi connectivity index (χ0) is 10.6. The van der Waals surface area contributed by atoms with Gasteiger partial charge in [0.05, 0.1) is 18.1 Å². The second-order valence-electron chi connectivity index (χ2n) is 3.55. The third-order valence-electron chi connectivity index (χ3n) is 2.17. The zero-order valence-electron chi connectivity index (χ0n) is 8.25. The largest absolute Gasteiger partial charge is 0.351 e. The molecule has 0 spiro atoms. The maximum absolute atomic E-state index is 11.2. The first-order valence-corrected chi connectivity index (χ1v) is 6.50. The molecule has 1 heterocycles. The summed E-state index contributed by atoms with van der Waals surface area (Å²) in [5.74, 6) is 0.197. The van der Waals surface area contributed by atoms with E-state index in [1.165, 1.54) is 0 Å². The summed E-state index contributed by atoms with van der Waals surface area (Å²) in [6, 6.07) is -0.199. The summed E-state index contributed by atoms with van der Waals surface area (Å²) in [5.41, 5.74) is 0. The molecule has 1 saturated heterocycles. The number of carbonyl (C=O) groups is 1. The smallest absolute Gasteiger partial charge is 0.234 e. The monoisotopic (exact) mass is 220 g/mol. The summed E-state index contributed by atoms with van der Waals surface area (Å²) in [6.07, 6.45) is 1.40. The highest BCUT2D eigenvalue weighted by atomic mass is 32.2. The van der Waals surface area contributed by atoms with Gasteiger partial charge in [-0.1, -0.05) is 0 Å². The van der Waals surface area contributed by atoms with Crippen molar-refractivity contribution in [1.29, 1.82) is 0 Å². The highest BCUT2D eigenvalue weighted by Crippen LogP contribution is 2.11. The van der Waals surface area contributed by atoms with Gasteiger partial charge in [0.2, 0.25) is 5.91 Å². The number of carbonyl (C=O) groups excluding carboxylic acids is 1. The van der Waals surface area contributed by atoms with Crippen molar-refractivity contribution in [3.63, 3.8) is 0 Å². The van der Waals surface area contributed by atoms with Gasteiger partial charge in [-0.15, -0.1) is 0 Å². The van der Waals surface area contributed by atoms with E-state index in [1.807, 2.05) is 0 Å². The van der Waals surface area contributed by atoms with E-state index in [0.29, 0.717) is 6.42 Å². The molecule has 14 heavy (non-hydrogen) atoms. The summed E-state index contributed by atoms with van der Waals surface area (Å²) in [6.45, 7) is 0.233. The maximum Gasteiger partial charge on any atom is 0.234 e. The average Bonchev–Trinajstić information content (AvgIpc) is 2.02. The first-order chi connectivity index (χ1) is 6.53. The predicted octanol–water partition coefficient (Wildman–Crippen LogP) is -1.10. The van der Waals surface area contributed by atoms with Gasteiger partial charge in [-0.25, -0.2) is 8.42 Å². The van der Waals surface area contributed by atoms with Gasteiger partial charge in [-0.2, -0.15) is 0 Å². The predicted molar refractivity (Wildman–Crippen MR) is 53.7 cm³/mol. The van der Waals surface area contributed by atoms with E-state index in [9.17, 15) is 13.2 Å². The highest BCUT2D eigenvalue weighted by Gasteiger charge is 2.25.